The van der Waals surface area contributed by atoms with E-state index in [1.807, 2.05) is 6.07 Å². The van der Waals surface area contributed by atoms with E-state index >= 15 is 0 Å². The molecule has 0 atom stereocenters. The van der Waals surface area contributed by atoms with E-state index in [1.54, 1.807) is 42.6 Å². The molecule has 188 valence electrons. The number of nitrogens with zero attached hydrogens (tertiary/aromatic N) is 2. The number of rotatable bonds is 5. The average Bonchev–Trinajstić information content (AvgIpc) is 2.91. The fourth-order valence-electron chi connectivity index (χ4n) is 4.17. The highest BCUT2D eigenvalue weighted by molar-refractivity contribution is 6.30. The second-order valence-corrected chi connectivity index (χ2v) is 9.01. The van der Waals surface area contributed by atoms with Crippen molar-refractivity contribution in [3.63, 3.8) is 0 Å². The van der Waals surface area contributed by atoms with Gasteiger partial charge in [0.2, 0.25) is 0 Å². The Balaban J connectivity index is 1.39. The summed E-state index contributed by atoms with van der Waals surface area (Å²) in [4.78, 5) is 32.2. The molecule has 1 aliphatic heterocycles. The Kier molecular flexibility index (Phi) is 6.98. The van der Waals surface area contributed by atoms with Crippen molar-refractivity contribution in [1.29, 1.82) is 0 Å². The Labute approximate surface area is 216 Å². The summed E-state index contributed by atoms with van der Waals surface area (Å²) < 4.78 is 29.1. The fourth-order valence-corrected chi connectivity index (χ4v) is 4.29. The number of fused-ring (bicyclic) bond motifs is 1. The zero-order valence-corrected chi connectivity index (χ0v) is 20.3. The Morgan fingerprint density at radius 3 is 2.41 bits per heavy atom. The maximum atomic E-state index is 14.7. The van der Waals surface area contributed by atoms with Crippen LogP contribution in [-0.4, -0.2) is 43.0 Å². The minimum absolute atomic E-state index is 0.0721. The third kappa shape index (κ3) is 5.52. The van der Waals surface area contributed by atoms with Gasteiger partial charge in [0.1, 0.15) is 0 Å². The van der Waals surface area contributed by atoms with Gasteiger partial charge in [-0.1, -0.05) is 11.6 Å². The Morgan fingerprint density at radius 1 is 0.919 bits per heavy atom. The van der Waals surface area contributed by atoms with Gasteiger partial charge in [-0.3, -0.25) is 9.78 Å². The molecule has 0 bridgehead atoms. The monoisotopic (exact) mass is 521 g/mol. The second-order valence-electron chi connectivity index (χ2n) is 8.57. The summed E-state index contributed by atoms with van der Waals surface area (Å²) in [5, 5.41) is 9.49. The van der Waals surface area contributed by atoms with Crippen LogP contribution in [0.25, 0.3) is 10.9 Å². The van der Waals surface area contributed by atoms with Crippen molar-refractivity contribution in [3.05, 3.63) is 94.6 Å². The maximum Gasteiger partial charge on any atom is 0.323 e. The first-order valence-electron chi connectivity index (χ1n) is 11.6. The Bertz CT molecular complexity index is 1490. The van der Waals surface area contributed by atoms with Gasteiger partial charge in [0.25, 0.3) is 0 Å². The van der Waals surface area contributed by atoms with Gasteiger partial charge in [-0.05, 0) is 54.6 Å². The van der Waals surface area contributed by atoms with E-state index in [-0.39, 0.29) is 11.3 Å². The molecule has 1 aliphatic rings. The molecule has 2 heterocycles. The van der Waals surface area contributed by atoms with E-state index in [2.05, 4.69) is 25.8 Å². The molecule has 7 nitrogen and oxygen atoms in total. The number of ketones is 1. The van der Waals surface area contributed by atoms with Gasteiger partial charge in [0.15, 0.2) is 17.4 Å². The molecule has 0 aliphatic carbocycles. The van der Waals surface area contributed by atoms with Crippen LogP contribution in [0.4, 0.5) is 30.6 Å². The number of carbonyl (C=O) groups is 2. The molecule has 3 N–H and O–H groups in total. The lowest BCUT2D eigenvalue weighted by Crippen LogP contribution is -2.43. The number of urea groups is 1. The highest BCUT2D eigenvalue weighted by Crippen LogP contribution is 2.26. The van der Waals surface area contributed by atoms with Crippen LogP contribution in [0.15, 0.2) is 66.9 Å². The van der Waals surface area contributed by atoms with Gasteiger partial charge in [0, 0.05) is 59.6 Å². The van der Waals surface area contributed by atoms with Crippen LogP contribution in [0.3, 0.4) is 0 Å². The maximum absolute atomic E-state index is 14.7. The Hall–Kier alpha value is -4.08. The lowest BCUT2D eigenvalue weighted by Gasteiger charge is -2.29. The van der Waals surface area contributed by atoms with Crippen LogP contribution in [-0.2, 0) is 0 Å². The summed E-state index contributed by atoms with van der Waals surface area (Å²) in [5.41, 5.74) is 1.66. The van der Waals surface area contributed by atoms with Crippen LogP contribution in [0.1, 0.15) is 15.9 Å². The highest BCUT2D eigenvalue weighted by Gasteiger charge is 2.20. The fraction of sp³-hybridized carbons (Fsp3) is 0.148. The summed E-state index contributed by atoms with van der Waals surface area (Å²) in [6, 6.07) is 14.3. The standard InChI is InChI=1S/C27H22ClF2N5O2/c28-18-2-4-19(5-3-18)33-27(37)34-20-13-22(25(30)23(29)14-20)26(36)16-1-6-24-17(11-16)12-21(15-32-24)35-9-7-31-8-10-35/h1-6,11-15,31H,7-10H2,(H2,33,34,37). The van der Waals surface area contributed by atoms with Gasteiger partial charge < -0.3 is 20.9 Å². The molecular weight excluding hydrogens is 500 g/mol. The average molecular weight is 522 g/mol. The largest absolute Gasteiger partial charge is 0.368 e. The number of amides is 2. The molecule has 0 unspecified atom stereocenters. The molecule has 2 amide bonds. The van der Waals surface area contributed by atoms with Crippen LogP contribution < -0.4 is 20.9 Å². The molecule has 5 rings (SSSR count). The molecule has 10 heteroatoms. The molecule has 1 aromatic heterocycles. The molecular formula is C27H22ClF2N5O2. The van der Waals surface area contributed by atoms with Crippen molar-refractivity contribution >= 4 is 51.4 Å². The SMILES string of the molecule is O=C(Nc1ccc(Cl)cc1)Nc1cc(F)c(F)c(C(=O)c2ccc3ncc(N4CCNCC4)cc3c2)c1. The highest BCUT2D eigenvalue weighted by atomic mass is 35.5. The zero-order chi connectivity index (χ0) is 25.9. The number of hydrogen-bond acceptors (Lipinski definition) is 5. The normalized spacial score (nSPS) is 13.4. The number of piperazine rings is 1. The minimum atomic E-state index is -1.29. The number of aromatic nitrogens is 1. The molecule has 0 saturated carbocycles. The van der Waals surface area contributed by atoms with E-state index in [4.69, 9.17) is 11.6 Å². The quantitative estimate of drug-likeness (QED) is 0.304. The summed E-state index contributed by atoms with van der Waals surface area (Å²) >= 11 is 5.84. The number of halogens is 3. The minimum Gasteiger partial charge on any atom is -0.368 e. The molecule has 3 aromatic carbocycles. The second kappa shape index (κ2) is 10.5. The summed E-state index contributed by atoms with van der Waals surface area (Å²) in [5.74, 6) is -3.26. The predicted molar refractivity (Wildman–Crippen MR) is 141 cm³/mol. The smallest absolute Gasteiger partial charge is 0.323 e. The third-order valence-electron chi connectivity index (χ3n) is 6.04. The van der Waals surface area contributed by atoms with Gasteiger partial charge in [-0.15, -0.1) is 0 Å². The van der Waals surface area contributed by atoms with Crippen LogP contribution in [0.2, 0.25) is 5.02 Å². The predicted octanol–water partition coefficient (Wildman–Crippen LogP) is 5.45. The van der Waals surface area contributed by atoms with Crippen molar-refractivity contribution in [3.8, 4) is 0 Å². The number of pyridine rings is 1. The van der Waals surface area contributed by atoms with E-state index < -0.39 is 29.0 Å². The van der Waals surface area contributed by atoms with Gasteiger partial charge in [-0.2, -0.15) is 0 Å². The summed E-state index contributed by atoms with van der Waals surface area (Å²) in [6.07, 6.45) is 1.79. The lowest BCUT2D eigenvalue weighted by molar-refractivity contribution is 0.103. The molecule has 1 saturated heterocycles. The first-order chi connectivity index (χ1) is 17.9. The van der Waals surface area contributed by atoms with Crippen molar-refractivity contribution in [2.45, 2.75) is 0 Å². The van der Waals surface area contributed by atoms with Crippen molar-refractivity contribution < 1.29 is 18.4 Å². The topological polar surface area (TPSA) is 86.4 Å². The Morgan fingerprint density at radius 2 is 1.65 bits per heavy atom. The molecule has 37 heavy (non-hydrogen) atoms. The zero-order valence-electron chi connectivity index (χ0n) is 19.5. The van der Waals surface area contributed by atoms with Crippen molar-refractivity contribution in [2.75, 3.05) is 41.7 Å². The number of carbonyl (C=O) groups excluding carboxylic acids is 2. The van der Waals surface area contributed by atoms with Gasteiger partial charge in [0.05, 0.1) is 23.0 Å². The van der Waals surface area contributed by atoms with E-state index in [0.29, 0.717) is 21.6 Å². The lowest BCUT2D eigenvalue weighted by atomic mass is 10.00. The molecule has 0 spiro atoms. The van der Waals surface area contributed by atoms with Crippen LogP contribution in [0, 0.1) is 11.6 Å². The number of nitrogens with one attached hydrogen (secondary N) is 3. The number of benzene rings is 3. The molecule has 1 fully saturated rings. The molecule has 0 radical (unpaired) electrons. The molecule has 4 aromatic rings. The van der Waals surface area contributed by atoms with Gasteiger partial charge in [-0.25, -0.2) is 13.6 Å². The number of anilines is 3. The van der Waals surface area contributed by atoms with Crippen LogP contribution in [0.5, 0.6) is 0 Å². The third-order valence-corrected chi connectivity index (χ3v) is 6.30. The van der Waals surface area contributed by atoms with E-state index in [0.717, 1.165) is 44.0 Å². The van der Waals surface area contributed by atoms with Crippen molar-refractivity contribution in [1.82, 2.24) is 10.3 Å². The van der Waals surface area contributed by atoms with E-state index in [1.165, 1.54) is 6.07 Å². The first-order valence-corrected chi connectivity index (χ1v) is 12.0. The van der Waals surface area contributed by atoms with Crippen LogP contribution >= 0.6 is 11.6 Å². The first kappa shape index (κ1) is 24.6. The van der Waals surface area contributed by atoms with Gasteiger partial charge >= 0.3 is 6.03 Å². The van der Waals surface area contributed by atoms with E-state index in [9.17, 15) is 18.4 Å². The summed E-state index contributed by atoms with van der Waals surface area (Å²) in [7, 11) is 0. The van der Waals surface area contributed by atoms with Crippen molar-refractivity contribution in [2.24, 2.45) is 0 Å². The summed E-state index contributed by atoms with van der Waals surface area (Å²) in [6.45, 7) is 3.40. The number of hydrogen-bond donors (Lipinski definition) is 3.